The van der Waals surface area contributed by atoms with Crippen molar-refractivity contribution in [2.24, 2.45) is 0 Å². The summed E-state index contributed by atoms with van der Waals surface area (Å²) in [5.74, 6) is 0.583. The Balaban J connectivity index is 4.10. The largest absolute Gasteiger partial charge is 0.528 e. The second kappa shape index (κ2) is 8.44. The van der Waals surface area contributed by atoms with Gasteiger partial charge < -0.3 is 13.3 Å². The number of hydrogen-bond donors (Lipinski definition) is 0. The lowest BCUT2D eigenvalue weighted by Gasteiger charge is -2.25. The summed E-state index contributed by atoms with van der Waals surface area (Å²) in [5, 5.41) is 0. The molecule has 0 saturated heterocycles. The fraction of sp³-hybridized carbons (Fsp3) is 0.778. The molecule has 0 bridgehead atoms. The quantitative estimate of drug-likeness (QED) is 0.351. The van der Waals surface area contributed by atoms with E-state index in [1.807, 2.05) is 13.8 Å². The van der Waals surface area contributed by atoms with Crippen LogP contribution in [-0.4, -0.2) is 34.5 Å². The van der Waals surface area contributed by atoms with Gasteiger partial charge in [0.2, 0.25) is 0 Å². The molecule has 0 radical (unpaired) electrons. The maximum atomic E-state index is 5.59. The van der Waals surface area contributed by atoms with Crippen LogP contribution in [0.4, 0.5) is 0 Å². The average molecular weight is 239 g/mol. The molecule has 0 aliphatic rings. The molecule has 0 aromatic heterocycles. The van der Waals surface area contributed by atoms with E-state index in [0.717, 1.165) is 6.42 Å². The van der Waals surface area contributed by atoms with Crippen LogP contribution in [0, 0.1) is 0 Å². The SMILES string of the molecule is C=C[Si](OCC)(OCC)OCCCCl. The van der Waals surface area contributed by atoms with Crippen LogP contribution in [0.1, 0.15) is 20.3 Å². The monoisotopic (exact) mass is 238 g/mol. The fourth-order valence-corrected chi connectivity index (χ4v) is 2.92. The van der Waals surface area contributed by atoms with Gasteiger partial charge in [0.05, 0.1) is 0 Å². The van der Waals surface area contributed by atoms with E-state index in [9.17, 15) is 0 Å². The molecule has 0 aliphatic heterocycles. The van der Waals surface area contributed by atoms with Crippen LogP contribution in [0.5, 0.6) is 0 Å². The fourth-order valence-electron chi connectivity index (χ4n) is 0.973. The first kappa shape index (κ1) is 14.1. The molecule has 3 nitrogen and oxygen atoms in total. The number of rotatable bonds is 9. The van der Waals surface area contributed by atoms with Gasteiger partial charge in [0.15, 0.2) is 0 Å². The number of halogens is 1. The lowest BCUT2D eigenvalue weighted by atomic mass is 10.5. The molecular formula is C9H19ClO3Si. The standard InChI is InChI=1S/C9H19ClO3Si/c1-4-11-14(6-3,12-5-2)13-9-7-8-10/h6H,3-5,7-9H2,1-2H3. The summed E-state index contributed by atoms with van der Waals surface area (Å²) in [6.07, 6.45) is 0.796. The summed E-state index contributed by atoms with van der Waals surface area (Å²) in [6, 6.07) is 0. The van der Waals surface area contributed by atoms with E-state index in [0.29, 0.717) is 25.7 Å². The third-order valence-corrected chi connectivity index (χ3v) is 4.28. The van der Waals surface area contributed by atoms with Crippen LogP contribution in [0.2, 0.25) is 0 Å². The molecule has 0 atom stereocenters. The Bertz CT molecular complexity index is 149. The lowest BCUT2D eigenvalue weighted by Crippen LogP contribution is -2.44. The van der Waals surface area contributed by atoms with Crippen molar-refractivity contribution in [2.45, 2.75) is 20.3 Å². The number of alkyl halides is 1. The minimum Gasteiger partial charge on any atom is -0.371 e. The van der Waals surface area contributed by atoms with E-state index < -0.39 is 8.80 Å². The molecule has 5 heteroatoms. The summed E-state index contributed by atoms with van der Waals surface area (Å²) < 4.78 is 16.6. The van der Waals surface area contributed by atoms with Gasteiger partial charge in [-0.1, -0.05) is 6.58 Å². The normalized spacial score (nSPS) is 11.6. The Kier molecular flexibility index (Phi) is 8.51. The molecule has 0 unspecified atom stereocenters. The smallest absolute Gasteiger partial charge is 0.371 e. The van der Waals surface area contributed by atoms with Crippen LogP contribution in [0.25, 0.3) is 0 Å². The summed E-state index contributed by atoms with van der Waals surface area (Å²) >= 11 is 5.56. The van der Waals surface area contributed by atoms with Crippen LogP contribution in [0.15, 0.2) is 12.3 Å². The molecule has 0 heterocycles. The summed E-state index contributed by atoms with van der Waals surface area (Å²) in [6.45, 7) is 9.22. The third-order valence-electron chi connectivity index (χ3n) is 1.52. The van der Waals surface area contributed by atoms with E-state index in [-0.39, 0.29) is 0 Å². The summed E-state index contributed by atoms with van der Waals surface area (Å²) in [7, 11) is -2.60. The summed E-state index contributed by atoms with van der Waals surface area (Å²) in [4.78, 5) is 0. The summed E-state index contributed by atoms with van der Waals surface area (Å²) in [5.41, 5.74) is 1.66. The van der Waals surface area contributed by atoms with Gasteiger partial charge in [0, 0.05) is 25.7 Å². The van der Waals surface area contributed by atoms with Gasteiger partial charge >= 0.3 is 8.80 Å². The van der Waals surface area contributed by atoms with Crippen molar-refractivity contribution in [1.29, 1.82) is 0 Å². The van der Waals surface area contributed by atoms with E-state index >= 15 is 0 Å². The van der Waals surface area contributed by atoms with Crippen molar-refractivity contribution in [2.75, 3.05) is 25.7 Å². The van der Waals surface area contributed by atoms with Crippen molar-refractivity contribution in [3.8, 4) is 0 Å². The van der Waals surface area contributed by atoms with Crippen LogP contribution >= 0.6 is 11.6 Å². The van der Waals surface area contributed by atoms with Crippen molar-refractivity contribution in [1.82, 2.24) is 0 Å². The topological polar surface area (TPSA) is 27.7 Å². The van der Waals surface area contributed by atoms with Gasteiger partial charge in [0.25, 0.3) is 0 Å². The van der Waals surface area contributed by atoms with Crippen molar-refractivity contribution < 1.29 is 13.3 Å². The zero-order chi connectivity index (χ0) is 10.9. The van der Waals surface area contributed by atoms with Crippen molar-refractivity contribution >= 4 is 20.4 Å². The molecular weight excluding hydrogens is 220 g/mol. The Morgan fingerprint density at radius 1 is 1.21 bits per heavy atom. The predicted molar refractivity (Wildman–Crippen MR) is 60.5 cm³/mol. The maximum Gasteiger partial charge on any atom is 0.528 e. The first-order chi connectivity index (χ1) is 6.74. The average Bonchev–Trinajstić information content (AvgIpc) is 2.19. The molecule has 0 saturated carbocycles. The zero-order valence-corrected chi connectivity index (χ0v) is 10.7. The van der Waals surface area contributed by atoms with E-state index in [1.54, 1.807) is 5.70 Å². The lowest BCUT2D eigenvalue weighted by molar-refractivity contribution is 0.0801. The molecule has 0 N–H and O–H groups in total. The minimum absolute atomic E-state index is 0.557. The molecule has 0 aromatic carbocycles. The van der Waals surface area contributed by atoms with Gasteiger partial charge in [0.1, 0.15) is 0 Å². The molecule has 0 fully saturated rings. The highest BCUT2D eigenvalue weighted by atomic mass is 35.5. The molecule has 0 rings (SSSR count). The van der Waals surface area contributed by atoms with Gasteiger partial charge in [-0.3, -0.25) is 0 Å². The molecule has 0 amide bonds. The van der Waals surface area contributed by atoms with Crippen LogP contribution < -0.4 is 0 Å². The second-order valence-electron chi connectivity index (χ2n) is 2.56. The molecule has 84 valence electrons. The highest BCUT2D eigenvalue weighted by Crippen LogP contribution is 2.11. The number of hydrogen-bond acceptors (Lipinski definition) is 3. The minimum atomic E-state index is -2.60. The molecule has 0 aliphatic carbocycles. The predicted octanol–water partition coefficient (Wildman–Crippen LogP) is 2.37. The second-order valence-corrected chi connectivity index (χ2v) is 5.42. The zero-order valence-electron chi connectivity index (χ0n) is 8.92. The van der Waals surface area contributed by atoms with Gasteiger partial charge in [-0.2, -0.15) is 0 Å². The van der Waals surface area contributed by atoms with Crippen molar-refractivity contribution in [3.05, 3.63) is 12.3 Å². The highest BCUT2D eigenvalue weighted by Gasteiger charge is 2.36. The van der Waals surface area contributed by atoms with E-state index in [2.05, 4.69) is 6.58 Å². The first-order valence-corrected chi connectivity index (χ1v) is 7.19. The molecule has 14 heavy (non-hydrogen) atoms. The third kappa shape index (κ3) is 5.12. The van der Waals surface area contributed by atoms with Crippen LogP contribution in [0.3, 0.4) is 0 Å². The maximum absolute atomic E-state index is 5.59. The van der Waals surface area contributed by atoms with Gasteiger partial charge in [-0.05, 0) is 26.0 Å². The Hall–Kier alpha value is 0.127. The first-order valence-electron chi connectivity index (χ1n) is 4.86. The Morgan fingerprint density at radius 3 is 2.14 bits per heavy atom. The highest BCUT2D eigenvalue weighted by molar-refractivity contribution is 6.66. The van der Waals surface area contributed by atoms with Gasteiger partial charge in [-0.15, -0.1) is 11.6 Å². The van der Waals surface area contributed by atoms with Crippen molar-refractivity contribution in [3.63, 3.8) is 0 Å². The van der Waals surface area contributed by atoms with Gasteiger partial charge in [-0.25, -0.2) is 0 Å². The van der Waals surface area contributed by atoms with E-state index in [1.165, 1.54) is 0 Å². The van der Waals surface area contributed by atoms with Crippen LogP contribution in [-0.2, 0) is 13.3 Å². The van der Waals surface area contributed by atoms with E-state index in [4.69, 9.17) is 24.9 Å². The Morgan fingerprint density at radius 2 is 1.79 bits per heavy atom. The molecule has 0 aromatic rings. The molecule has 0 spiro atoms. The Labute approximate surface area is 92.4 Å².